The maximum absolute atomic E-state index is 12.8. The first kappa shape index (κ1) is 9.38. The Kier molecular flexibility index (Phi) is 2.36. The van der Waals surface area contributed by atoms with Crippen molar-refractivity contribution in [3.63, 3.8) is 0 Å². The third-order valence-electron chi connectivity index (χ3n) is 1.60. The van der Waals surface area contributed by atoms with E-state index in [-0.39, 0.29) is 11.8 Å². The summed E-state index contributed by atoms with van der Waals surface area (Å²) in [6, 6.07) is 4.29. The van der Waals surface area contributed by atoms with Crippen molar-refractivity contribution < 1.29 is 8.81 Å². The van der Waals surface area contributed by atoms with Gasteiger partial charge in [0, 0.05) is 3.57 Å². The van der Waals surface area contributed by atoms with E-state index in [9.17, 15) is 4.39 Å². The van der Waals surface area contributed by atoms with Gasteiger partial charge in [-0.3, -0.25) is 0 Å². The fourth-order valence-electron chi connectivity index (χ4n) is 1.01. The van der Waals surface area contributed by atoms with Gasteiger partial charge in [0.1, 0.15) is 5.82 Å². The average molecular weight is 305 g/mol. The maximum Gasteiger partial charge on any atom is 0.313 e. The van der Waals surface area contributed by atoms with Crippen LogP contribution in [0.5, 0.6) is 0 Å². The summed E-state index contributed by atoms with van der Waals surface area (Å²) in [6.07, 6.45) is 0. The van der Waals surface area contributed by atoms with Crippen LogP contribution >= 0.6 is 22.6 Å². The van der Waals surface area contributed by atoms with Crippen molar-refractivity contribution in [3.05, 3.63) is 27.6 Å². The molecule has 0 radical (unpaired) electrons. The third kappa shape index (κ3) is 1.69. The molecule has 0 aliphatic rings. The van der Waals surface area contributed by atoms with Gasteiger partial charge >= 0.3 is 6.01 Å². The summed E-state index contributed by atoms with van der Waals surface area (Å²) in [5, 5.41) is 7.23. The zero-order valence-electron chi connectivity index (χ0n) is 6.87. The maximum atomic E-state index is 12.8. The van der Waals surface area contributed by atoms with E-state index in [4.69, 9.17) is 10.2 Å². The Morgan fingerprint density at radius 2 is 2.14 bits per heavy atom. The molecule has 2 N–H and O–H groups in total. The van der Waals surface area contributed by atoms with Crippen molar-refractivity contribution in [3.8, 4) is 11.5 Å². The summed E-state index contributed by atoms with van der Waals surface area (Å²) in [5.74, 6) is -0.00228. The van der Waals surface area contributed by atoms with Gasteiger partial charge in [-0.25, -0.2) is 4.39 Å². The zero-order valence-corrected chi connectivity index (χ0v) is 9.03. The van der Waals surface area contributed by atoms with Gasteiger partial charge in [0.05, 0.1) is 5.56 Å². The van der Waals surface area contributed by atoms with E-state index in [1.165, 1.54) is 12.1 Å². The minimum Gasteiger partial charge on any atom is -0.404 e. The molecule has 1 aromatic carbocycles. The third-order valence-corrected chi connectivity index (χ3v) is 2.49. The highest BCUT2D eigenvalue weighted by molar-refractivity contribution is 14.1. The van der Waals surface area contributed by atoms with E-state index in [0.29, 0.717) is 15.0 Å². The second kappa shape index (κ2) is 3.52. The van der Waals surface area contributed by atoms with Crippen LogP contribution in [0.2, 0.25) is 0 Å². The standard InChI is InChI=1S/C8H5FIN3O/c9-4-1-2-5(6(10)3-4)7-12-13-8(11)14-7/h1-3H,(H2,11,13). The molecule has 1 heterocycles. The number of aromatic nitrogens is 2. The Morgan fingerprint density at radius 3 is 2.71 bits per heavy atom. The summed E-state index contributed by atoms with van der Waals surface area (Å²) < 4.78 is 18.5. The van der Waals surface area contributed by atoms with Crippen molar-refractivity contribution in [2.24, 2.45) is 0 Å². The van der Waals surface area contributed by atoms with Crippen molar-refractivity contribution in [1.29, 1.82) is 0 Å². The molecule has 4 nitrogen and oxygen atoms in total. The van der Waals surface area contributed by atoms with Crippen molar-refractivity contribution in [1.82, 2.24) is 10.2 Å². The molecule has 0 saturated heterocycles. The highest BCUT2D eigenvalue weighted by Gasteiger charge is 2.10. The van der Waals surface area contributed by atoms with Crippen molar-refractivity contribution in [2.75, 3.05) is 5.73 Å². The number of nitrogen functional groups attached to an aromatic ring is 1. The summed E-state index contributed by atoms with van der Waals surface area (Å²) >= 11 is 1.99. The van der Waals surface area contributed by atoms with Crippen molar-refractivity contribution in [2.45, 2.75) is 0 Å². The minimum absolute atomic E-state index is 0.000116. The van der Waals surface area contributed by atoms with E-state index >= 15 is 0 Å². The molecular formula is C8H5FIN3O. The molecule has 0 spiro atoms. The van der Waals surface area contributed by atoms with Gasteiger partial charge in [0.25, 0.3) is 5.89 Å². The Balaban J connectivity index is 2.52. The lowest BCUT2D eigenvalue weighted by molar-refractivity contribution is 0.589. The Labute approximate surface area is 92.5 Å². The lowest BCUT2D eigenvalue weighted by atomic mass is 10.2. The fourth-order valence-corrected chi connectivity index (χ4v) is 1.71. The first-order valence-electron chi connectivity index (χ1n) is 3.71. The van der Waals surface area contributed by atoms with Crippen LogP contribution in [-0.4, -0.2) is 10.2 Å². The monoisotopic (exact) mass is 305 g/mol. The fraction of sp³-hybridized carbons (Fsp3) is 0. The second-order valence-corrected chi connectivity index (χ2v) is 3.73. The van der Waals surface area contributed by atoms with Crippen LogP contribution in [0, 0.1) is 9.39 Å². The number of halogens is 2. The number of hydrogen-bond acceptors (Lipinski definition) is 4. The molecule has 1 aromatic heterocycles. The van der Waals surface area contributed by atoms with Gasteiger partial charge in [0.2, 0.25) is 0 Å². The largest absolute Gasteiger partial charge is 0.404 e. The SMILES string of the molecule is Nc1nnc(-c2ccc(F)cc2I)o1. The normalized spacial score (nSPS) is 10.4. The quantitative estimate of drug-likeness (QED) is 0.819. The molecule has 0 fully saturated rings. The summed E-state index contributed by atoms with van der Waals surface area (Å²) in [6.45, 7) is 0. The number of anilines is 1. The molecular weight excluding hydrogens is 300 g/mol. The van der Waals surface area contributed by atoms with Gasteiger partial charge in [-0.05, 0) is 40.8 Å². The molecule has 0 amide bonds. The number of hydrogen-bond donors (Lipinski definition) is 1. The average Bonchev–Trinajstić information content (AvgIpc) is 2.51. The number of nitrogens with two attached hydrogens (primary N) is 1. The topological polar surface area (TPSA) is 64.9 Å². The lowest BCUT2D eigenvalue weighted by Crippen LogP contribution is -1.84. The van der Waals surface area contributed by atoms with E-state index < -0.39 is 0 Å². The highest BCUT2D eigenvalue weighted by atomic mass is 127. The zero-order chi connectivity index (χ0) is 10.1. The van der Waals surface area contributed by atoms with E-state index in [0.717, 1.165) is 0 Å². The summed E-state index contributed by atoms with van der Waals surface area (Å²) in [7, 11) is 0. The predicted octanol–water partition coefficient (Wildman–Crippen LogP) is 2.06. The van der Waals surface area contributed by atoms with Gasteiger partial charge in [-0.15, -0.1) is 5.10 Å². The van der Waals surface area contributed by atoms with Crippen LogP contribution in [0.3, 0.4) is 0 Å². The molecule has 2 aromatic rings. The summed E-state index contributed by atoms with van der Waals surface area (Å²) in [4.78, 5) is 0. The van der Waals surface area contributed by atoms with Gasteiger partial charge in [-0.2, -0.15) is 0 Å². The molecule has 0 saturated carbocycles. The molecule has 0 bridgehead atoms. The van der Waals surface area contributed by atoms with Crippen LogP contribution in [0.1, 0.15) is 0 Å². The van der Waals surface area contributed by atoms with Crippen molar-refractivity contribution >= 4 is 28.6 Å². The number of rotatable bonds is 1. The predicted molar refractivity (Wildman–Crippen MR) is 56.8 cm³/mol. The van der Waals surface area contributed by atoms with Crippen LogP contribution in [0.15, 0.2) is 22.6 Å². The van der Waals surface area contributed by atoms with Gasteiger partial charge in [0.15, 0.2) is 0 Å². The molecule has 2 rings (SSSR count). The lowest BCUT2D eigenvalue weighted by Gasteiger charge is -1.97. The van der Waals surface area contributed by atoms with E-state index in [1.807, 2.05) is 22.6 Å². The first-order valence-corrected chi connectivity index (χ1v) is 4.79. The van der Waals surface area contributed by atoms with Crippen LogP contribution < -0.4 is 5.73 Å². The Bertz CT molecular complexity index is 471. The van der Waals surface area contributed by atoms with Crippen LogP contribution in [0.4, 0.5) is 10.4 Å². The first-order chi connectivity index (χ1) is 6.66. The molecule has 0 unspecified atom stereocenters. The highest BCUT2D eigenvalue weighted by Crippen LogP contribution is 2.24. The Morgan fingerprint density at radius 1 is 1.36 bits per heavy atom. The van der Waals surface area contributed by atoms with Gasteiger partial charge < -0.3 is 10.2 Å². The molecule has 6 heteroatoms. The molecule has 0 aliphatic carbocycles. The van der Waals surface area contributed by atoms with Gasteiger partial charge in [-0.1, -0.05) is 5.10 Å². The van der Waals surface area contributed by atoms with E-state index in [2.05, 4.69) is 10.2 Å². The smallest absolute Gasteiger partial charge is 0.313 e. The number of benzene rings is 1. The van der Waals surface area contributed by atoms with Crippen LogP contribution in [0.25, 0.3) is 11.5 Å². The van der Waals surface area contributed by atoms with Crippen LogP contribution in [-0.2, 0) is 0 Å². The molecule has 14 heavy (non-hydrogen) atoms. The minimum atomic E-state index is -0.300. The Hall–Kier alpha value is -1.18. The number of nitrogens with zero attached hydrogens (tertiary/aromatic N) is 2. The molecule has 0 atom stereocenters. The summed E-state index contributed by atoms with van der Waals surface area (Å²) in [5.41, 5.74) is 5.96. The molecule has 72 valence electrons. The van der Waals surface area contributed by atoms with E-state index in [1.54, 1.807) is 6.07 Å². The molecule has 0 aliphatic heterocycles. The second-order valence-electron chi connectivity index (χ2n) is 2.57.